The summed E-state index contributed by atoms with van der Waals surface area (Å²) in [5, 5.41) is 5.15. The van der Waals surface area contributed by atoms with Crippen molar-refractivity contribution in [3.63, 3.8) is 0 Å². The number of urea groups is 1. The monoisotopic (exact) mass is 501 g/mol. The van der Waals surface area contributed by atoms with Crippen molar-refractivity contribution in [1.82, 2.24) is 10.6 Å². The van der Waals surface area contributed by atoms with Gasteiger partial charge in [-0.3, -0.25) is 4.79 Å². The van der Waals surface area contributed by atoms with Crippen molar-refractivity contribution in [1.29, 1.82) is 0 Å². The summed E-state index contributed by atoms with van der Waals surface area (Å²) in [7, 11) is 0. The molecule has 0 fully saturated rings. The molecule has 0 unspecified atom stereocenters. The zero-order valence-electron chi connectivity index (χ0n) is 23.0. The Balaban J connectivity index is 5.43. The van der Waals surface area contributed by atoms with Crippen LogP contribution in [0.1, 0.15) is 101 Å². The second-order valence-corrected chi connectivity index (χ2v) is 11.2. The average Bonchev–Trinajstić information content (AvgIpc) is 2.67. The predicted octanol–water partition coefficient (Wildman–Crippen LogP) is 3.35. The number of nitrogens with two attached hydrogens (primary N) is 1. The number of nitrogens with one attached hydrogen (secondary N) is 2. The number of carbonyl (C=O) groups excluding carboxylic acids is 4. The van der Waals surface area contributed by atoms with E-state index in [4.69, 9.17) is 19.9 Å². The molecule has 0 radical (unpaired) electrons. The molecule has 0 aliphatic rings. The molecule has 2 atom stereocenters. The third kappa shape index (κ3) is 16.0. The first kappa shape index (κ1) is 32.6. The number of ether oxygens (including phenoxy) is 3. The van der Waals surface area contributed by atoms with E-state index in [1.807, 2.05) is 6.92 Å². The highest BCUT2D eigenvalue weighted by molar-refractivity contribution is 5.87. The van der Waals surface area contributed by atoms with Gasteiger partial charge in [-0.15, -0.1) is 0 Å². The lowest BCUT2D eigenvalue weighted by atomic mass is 10.1. The molecule has 0 bridgehead atoms. The predicted molar refractivity (Wildman–Crippen MR) is 134 cm³/mol. The molecule has 2 amide bonds. The second-order valence-electron chi connectivity index (χ2n) is 11.2. The molecule has 10 heteroatoms. The number of carbonyl (C=O) groups is 4. The molecule has 0 spiro atoms. The van der Waals surface area contributed by atoms with Gasteiger partial charge in [0.1, 0.15) is 28.9 Å². The van der Waals surface area contributed by atoms with Crippen LogP contribution in [-0.4, -0.2) is 59.4 Å². The van der Waals surface area contributed by atoms with E-state index in [-0.39, 0.29) is 12.8 Å². The van der Waals surface area contributed by atoms with Gasteiger partial charge >= 0.3 is 23.9 Å². The van der Waals surface area contributed by atoms with Crippen molar-refractivity contribution in [3.05, 3.63) is 0 Å². The minimum Gasteiger partial charge on any atom is -0.460 e. The quantitative estimate of drug-likeness (QED) is 0.198. The highest BCUT2D eigenvalue weighted by atomic mass is 16.6. The highest BCUT2D eigenvalue weighted by Gasteiger charge is 2.31. The number of amides is 2. The lowest BCUT2D eigenvalue weighted by Gasteiger charge is -2.28. The van der Waals surface area contributed by atoms with Gasteiger partial charge in [0.2, 0.25) is 0 Å². The first-order valence-corrected chi connectivity index (χ1v) is 12.3. The number of unbranched alkanes of at least 4 members (excludes halogenated alkanes) is 1. The summed E-state index contributed by atoms with van der Waals surface area (Å²) in [5.74, 6) is -1.75. The van der Waals surface area contributed by atoms with Crippen molar-refractivity contribution in [2.45, 2.75) is 130 Å². The summed E-state index contributed by atoms with van der Waals surface area (Å²) in [6.07, 6.45) is 2.10. The molecule has 0 rings (SSSR count). The van der Waals surface area contributed by atoms with Gasteiger partial charge in [-0.1, -0.05) is 6.92 Å². The Hall–Kier alpha value is -2.36. The van der Waals surface area contributed by atoms with Gasteiger partial charge in [-0.2, -0.15) is 0 Å². The zero-order valence-corrected chi connectivity index (χ0v) is 23.0. The van der Waals surface area contributed by atoms with E-state index in [2.05, 4.69) is 10.6 Å². The molecule has 0 heterocycles. The van der Waals surface area contributed by atoms with Crippen LogP contribution in [0.2, 0.25) is 0 Å². The zero-order chi connectivity index (χ0) is 27.4. The second kappa shape index (κ2) is 14.3. The summed E-state index contributed by atoms with van der Waals surface area (Å²) < 4.78 is 16.3. The summed E-state index contributed by atoms with van der Waals surface area (Å²) in [5.41, 5.74) is 3.40. The van der Waals surface area contributed by atoms with E-state index < -0.39 is 52.8 Å². The first-order chi connectivity index (χ1) is 15.9. The van der Waals surface area contributed by atoms with Crippen molar-refractivity contribution >= 4 is 23.9 Å². The summed E-state index contributed by atoms with van der Waals surface area (Å²) in [4.78, 5) is 50.4. The SMILES string of the molecule is CCC(C)(C)OC(=O)[C@H](CCCCN)NC(=O)N[C@H](CCC(=O)OC(C)(C)C)C(=O)OC(C)(C)C. The molecule has 4 N–H and O–H groups in total. The van der Waals surface area contributed by atoms with Gasteiger partial charge in [-0.25, -0.2) is 14.4 Å². The molecule has 35 heavy (non-hydrogen) atoms. The normalized spacial score (nSPS) is 13.9. The number of hydrogen-bond acceptors (Lipinski definition) is 8. The molecule has 10 nitrogen and oxygen atoms in total. The van der Waals surface area contributed by atoms with E-state index in [0.717, 1.165) is 0 Å². The smallest absolute Gasteiger partial charge is 0.329 e. The van der Waals surface area contributed by atoms with Crippen LogP contribution in [-0.2, 0) is 28.6 Å². The van der Waals surface area contributed by atoms with Crippen molar-refractivity contribution < 1.29 is 33.4 Å². The van der Waals surface area contributed by atoms with Crippen LogP contribution in [0.4, 0.5) is 4.79 Å². The minimum atomic E-state index is -1.12. The van der Waals surface area contributed by atoms with Crippen LogP contribution in [0.25, 0.3) is 0 Å². The first-order valence-electron chi connectivity index (χ1n) is 12.3. The van der Waals surface area contributed by atoms with E-state index >= 15 is 0 Å². The van der Waals surface area contributed by atoms with Gasteiger partial charge in [0, 0.05) is 6.42 Å². The maximum Gasteiger partial charge on any atom is 0.329 e. The topological polar surface area (TPSA) is 146 Å². The van der Waals surface area contributed by atoms with Gasteiger partial charge < -0.3 is 30.6 Å². The Morgan fingerprint density at radius 3 is 1.69 bits per heavy atom. The third-order valence-corrected chi connectivity index (χ3v) is 4.82. The van der Waals surface area contributed by atoms with Crippen LogP contribution in [0.5, 0.6) is 0 Å². The van der Waals surface area contributed by atoms with E-state index in [1.54, 1.807) is 55.4 Å². The van der Waals surface area contributed by atoms with Crippen molar-refractivity contribution in [2.75, 3.05) is 6.54 Å². The van der Waals surface area contributed by atoms with Crippen LogP contribution in [0, 0.1) is 0 Å². The fourth-order valence-corrected chi connectivity index (χ4v) is 2.79. The Bertz CT molecular complexity index is 709. The van der Waals surface area contributed by atoms with E-state index in [9.17, 15) is 19.2 Å². The van der Waals surface area contributed by atoms with E-state index in [1.165, 1.54) is 0 Å². The van der Waals surface area contributed by atoms with Gasteiger partial charge in [0.25, 0.3) is 0 Å². The maximum absolute atomic E-state index is 12.8. The standard InChI is InChI=1S/C25H47N3O7/c1-10-25(8,9)35-21(31)17(13-11-12-16-26)27-22(32)28-18(20(30)34-24(5,6)7)14-15-19(29)33-23(2,3)4/h17-18H,10-16,26H2,1-9H3,(H2,27,28,32)/t17-,18+/m0/s1. The fraction of sp³-hybridized carbons (Fsp3) is 0.840. The Morgan fingerprint density at radius 2 is 1.23 bits per heavy atom. The molecular formula is C25H47N3O7. The van der Waals surface area contributed by atoms with E-state index in [0.29, 0.717) is 32.2 Å². The third-order valence-electron chi connectivity index (χ3n) is 4.82. The van der Waals surface area contributed by atoms with Crippen LogP contribution in [0.15, 0.2) is 0 Å². The fourth-order valence-electron chi connectivity index (χ4n) is 2.79. The molecule has 0 aromatic rings. The molecule has 0 aliphatic carbocycles. The highest BCUT2D eigenvalue weighted by Crippen LogP contribution is 2.17. The van der Waals surface area contributed by atoms with Crippen LogP contribution >= 0.6 is 0 Å². The van der Waals surface area contributed by atoms with Gasteiger partial charge in [-0.05, 0) is 94.0 Å². The van der Waals surface area contributed by atoms with Crippen molar-refractivity contribution in [3.8, 4) is 0 Å². The average molecular weight is 502 g/mol. The lowest BCUT2D eigenvalue weighted by molar-refractivity contribution is -0.160. The minimum absolute atomic E-state index is 0.0254. The molecular weight excluding hydrogens is 454 g/mol. The maximum atomic E-state index is 12.8. The molecule has 204 valence electrons. The summed E-state index contributed by atoms with van der Waals surface area (Å²) >= 11 is 0. The Kier molecular flexibility index (Phi) is 13.3. The molecule has 0 saturated carbocycles. The molecule has 0 aliphatic heterocycles. The van der Waals surface area contributed by atoms with Crippen LogP contribution < -0.4 is 16.4 Å². The van der Waals surface area contributed by atoms with Gasteiger partial charge in [0.15, 0.2) is 0 Å². The number of hydrogen-bond donors (Lipinski definition) is 3. The molecule has 0 aromatic carbocycles. The Morgan fingerprint density at radius 1 is 0.743 bits per heavy atom. The lowest BCUT2D eigenvalue weighted by Crippen LogP contribution is -2.53. The summed E-state index contributed by atoms with van der Waals surface area (Å²) in [6.45, 7) is 16.3. The summed E-state index contributed by atoms with van der Waals surface area (Å²) in [6, 6.07) is -2.78. The van der Waals surface area contributed by atoms with Gasteiger partial charge in [0.05, 0.1) is 0 Å². The molecule has 0 aromatic heterocycles. The Labute approximate surface area is 210 Å². The molecule has 0 saturated heterocycles. The van der Waals surface area contributed by atoms with Crippen LogP contribution in [0.3, 0.4) is 0 Å². The number of rotatable bonds is 13. The number of esters is 3. The largest absolute Gasteiger partial charge is 0.460 e. The van der Waals surface area contributed by atoms with Crippen molar-refractivity contribution in [2.24, 2.45) is 5.73 Å².